The molecule has 2 aromatic rings. The Hall–Kier alpha value is -2.50. The summed E-state index contributed by atoms with van der Waals surface area (Å²) in [5.41, 5.74) is 5.39. The Morgan fingerprint density at radius 3 is 2.65 bits per heavy atom. The van der Waals surface area contributed by atoms with Gasteiger partial charge in [0.1, 0.15) is 5.84 Å². The van der Waals surface area contributed by atoms with Crippen molar-refractivity contribution >= 4 is 5.84 Å². The zero-order valence-electron chi connectivity index (χ0n) is 8.72. The summed E-state index contributed by atoms with van der Waals surface area (Å²) in [5.74, 6) is -0.794. The molecule has 0 saturated carbocycles. The molecule has 0 radical (unpaired) electrons. The smallest absolute Gasteiger partial charge is 0.249 e. The van der Waals surface area contributed by atoms with Gasteiger partial charge in [-0.3, -0.25) is 5.41 Å². The Bertz CT molecular complexity index is 559. The maximum atomic E-state index is 13.3. The van der Waals surface area contributed by atoms with Gasteiger partial charge in [-0.1, -0.05) is 12.1 Å². The van der Waals surface area contributed by atoms with Crippen LogP contribution in [0.4, 0.5) is 4.39 Å². The van der Waals surface area contributed by atoms with Gasteiger partial charge in [0.15, 0.2) is 17.3 Å². The highest BCUT2D eigenvalue weighted by molar-refractivity contribution is 5.95. The number of amidine groups is 1. The van der Waals surface area contributed by atoms with Gasteiger partial charge in [0.25, 0.3) is 0 Å². The highest BCUT2D eigenvalue weighted by Crippen LogP contribution is 2.23. The standard InChI is InChI=1S/C11H9FN4O/c12-7-3-1-2-4-8(7)17-11-9(10(13)14)15-5-6-16-11/h1-6H,(H3,13,14). The van der Waals surface area contributed by atoms with E-state index in [2.05, 4.69) is 9.97 Å². The lowest BCUT2D eigenvalue weighted by molar-refractivity contribution is 0.424. The van der Waals surface area contributed by atoms with E-state index in [0.717, 1.165) is 0 Å². The lowest BCUT2D eigenvalue weighted by atomic mass is 10.3. The van der Waals surface area contributed by atoms with E-state index in [1.807, 2.05) is 0 Å². The number of nitrogens with two attached hydrogens (primary N) is 1. The van der Waals surface area contributed by atoms with Crippen LogP contribution < -0.4 is 10.5 Å². The summed E-state index contributed by atoms with van der Waals surface area (Å²) >= 11 is 0. The second kappa shape index (κ2) is 4.56. The number of aromatic nitrogens is 2. The van der Waals surface area contributed by atoms with Gasteiger partial charge in [-0.05, 0) is 12.1 Å². The summed E-state index contributed by atoms with van der Waals surface area (Å²) in [6, 6.07) is 5.89. The minimum atomic E-state index is -0.521. The van der Waals surface area contributed by atoms with Crippen molar-refractivity contribution in [2.45, 2.75) is 0 Å². The molecule has 2 rings (SSSR count). The third kappa shape index (κ3) is 2.36. The molecule has 0 spiro atoms. The van der Waals surface area contributed by atoms with E-state index in [1.54, 1.807) is 12.1 Å². The third-order valence-electron chi connectivity index (χ3n) is 1.96. The van der Waals surface area contributed by atoms with Crippen molar-refractivity contribution in [2.75, 3.05) is 0 Å². The summed E-state index contributed by atoms with van der Waals surface area (Å²) < 4.78 is 18.6. The number of benzene rings is 1. The van der Waals surface area contributed by atoms with Crippen LogP contribution in [0.5, 0.6) is 11.6 Å². The number of hydrogen-bond donors (Lipinski definition) is 2. The number of nitrogen functional groups attached to an aromatic ring is 1. The molecule has 0 amide bonds. The molecule has 0 atom stereocenters. The predicted octanol–water partition coefficient (Wildman–Crippen LogP) is 1.69. The number of halogens is 1. The summed E-state index contributed by atoms with van der Waals surface area (Å²) in [7, 11) is 0. The number of nitrogens with one attached hydrogen (secondary N) is 1. The van der Waals surface area contributed by atoms with E-state index in [4.69, 9.17) is 15.9 Å². The SMILES string of the molecule is N=C(N)c1nccnc1Oc1ccccc1F. The van der Waals surface area contributed by atoms with Crippen LogP contribution in [0.3, 0.4) is 0 Å². The maximum Gasteiger partial charge on any atom is 0.249 e. The van der Waals surface area contributed by atoms with E-state index in [-0.39, 0.29) is 23.2 Å². The summed E-state index contributed by atoms with van der Waals surface area (Å²) in [5, 5.41) is 7.30. The van der Waals surface area contributed by atoms with Crippen LogP contribution in [0.15, 0.2) is 36.7 Å². The maximum absolute atomic E-state index is 13.3. The molecule has 0 bridgehead atoms. The monoisotopic (exact) mass is 232 g/mol. The molecule has 1 aromatic heterocycles. The van der Waals surface area contributed by atoms with Crippen LogP contribution in [0.1, 0.15) is 5.69 Å². The Kier molecular flexibility index (Phi) is 2.95. The van der Waals surface area contributed by atoms with Gasteiger partial charge < -0.3 is 10.5 Å². The fourth-order valence-corrected chi connectivity index (χ4v) is 1.22. The van der Waals surface area contributed by atoms with Crippen LogP contribution in [0, 0.1) is 11.2 Å². The molecule has 1 heterocycles. The molecule has 6 heteroatoms. The van der Waals surface area contributed by atoms with Gasteiger partial charge in [-0.25, -0.2) is 14.4 Å². The van der Waals surface area contributed by atoms with Crippen molar-refractivity contribution in [3.63, 3.8) is 0 Å². The molecule has 0 aliphatic carbocycles. The molecule has 5 nitrogen and oxygen atoms in total. The van der Waals surface area contributed by atoms with Crippen LogP contribution in [0.25, 0.3) is 0 Å². The van der Waals surface area contributed by atoms with Crippen molar-refractivity contribution in [1.82, 2.24) is 9.97 Å². The van der Waals surface area contributed by atoms with Crippen LogP contribution in [-0.2, 0) is 0 Å². The van der Waals surface area contributed by atoms with E-state index in [0.29, 0.717) is 0 Å². The molecule has 0 unspecified atom stereocenters. The fraction of sp³-hybridized carbons (Fsp3) is 0. The molecule has 86 valence electrons. The highest BCUT2D eigenvalue weighted by atomic mass is 19.1. The Morgan fingerprint density at radius 1 is 1.24 bits per heavy atom. The molecule has 0 aliphatic rings. The van der Waals surface area contributed by atoms with E-state index >= 15 is 0 Å². The van der Waals surface area contributed by atoms with Crippen molar-refractivity contribution in [3.8, 4) is 11.6 Å². The number of hydrogen-bond acceptors (Lipinski definition) is 4. The summed E-state index contributed by atoms with van der Waals surface area (Å²) in [4.78, 5) is 7.71. The Morgan fingerprint density at radius 2 is 1.94 bits per heavy atom. The average molecular weight is 232 g/mol. The lowest BCUT2D eigenvalue weighted by Gasteiger charge is -2.07. The predicted molar refractivity (Wildman–Crippen MR) is 59.5 cm³/mol. The first-order valence-corrected chi connectivity index (χ1v) is 4.76. The Labute approximate surface area is 96.6 Å². The van der Waals surface area contributed by atoms with E-state index in [1.165, 1.54) is 24.5 Å². The second-order valence-electron chi connectivity index (χ2n) is 3.16. The zero-order valence-corrected chi connectivity index (χ0v) is 8.72. The van der Waals surface area contributed by atoms with Gasteiger partial charge in [-0.2, -0.15) is 0 Å². The number of ether oxygens (including phenoxy) is 1. The quantitative estimate of drug-likeness (QED) is 0.623. The van der Waals surface area contributed by atoms with Crippen molar-refractivity contribution < 1.29 is 9.13 Å². The van der Waals surface area contributed by atoms with Crippen molar-refractivity contribution in [2.24, 2.45) is 5.73 Å². The number of nitrogens with zero attached hydrogens (tertiary/aromatic N) is 2. The van der Waals surface area contributed by atoms with E-state index < -0.39 is 5.82 Å². The number of para-hydroxylation sites is 1. The lowest BCUT2D eigenvalue weighted by Crippen LogP contribution is -2.15. The molecular weight excluding hydrogens is 223 g/mol. The molecule has 0 saturated heterocycles. The first-order chi connectivity index (χ1) is 8.18. The Balaban J connectivity index is 2.37. The van der Waals surface area contributed by atoms with E-state index in [9.17, 15) is 4.39 Å². The topological polar surface area (TPSA) is 84.9 Å². The second-order valence-corrected chi connectivity index (χ2v) is 3.16. The average Bonchev–Trinajstić information content (AvgIpc) is 2.32. The highest BCUT2D eigenvalue weighted by Gasteiger charge is 2.12. The summed E-state index contributed by atoms with van der Waals surface area (Å²) in [6.07, 6.45) is 2.76. The first-order valence-electron chi connectivity index (χ1n) is 4.76. The largest absolute Gasteiger partial charge is 0.434 e. The molecule has 3 N–H and O–H groups in total. The van der Waals surface area contributed by atoms with Gasteiger partial charge in [0.2, 0.25) is 5.88 Å². The van der Waals surface area contributed by atoms with Crippen LogP contribution in [-0.4, -0.2) is 15.8 Å². The van der Waals surface area contributed by atoms with Crippen molar-refractivity contribution in [3.05, 3.63) is 48.2 Å². The zero-order chi connectivity index (χ0) is 12.3. The van der Waals surface area contributed by atoms with Gasteiger partial charge in [0, 0.05) is 12.4 Å². The molecule has 0 aliphatic heterocycles. The van der Waals surface area contributed by atoms with Crippen LogP contribution >= 0.6 is 0 Å². The van der Waals surface area contributed by atoms with Crippen molar-refractivity contribution in [1.29, 1.82) is 5.41 Å². The third-order valence-corrected chi connectivity index (χ3v) is 1.96. The minimum absolute atomic E-state index is 0.00472. The number of rotatable bonds is 3. The van der Waals surface area contributed by atoms with Gasteiger partial charge >= 0.3 is 0 Å². The molecule has 0 fully saturated rings. The van der Waals surface area contributed by atoms with Gasteiger partial charge in [-0.15, -0.1) is 0 Å². The van der Waals surface area contributed by atoms with Crippen LogP contribution in [0.2, 0.25) is 0 Å². The molecule has 1 aromatic carbocycles. The molecular formula is C11H9FN4O. The van der Waals surface area contributed by atoms with Gasteiger partial charge in [0.05, 0.1) is 0 Å². The fourth-order valence-electron chi connectivity index (χ4n) is 1.22. The molecule has 17 heavy (non-hydrogen) atoms. The minimum Gasteiger partial charge on any atom is -0.434 e. The summed E-state index contributed by atoms with van der Waals surface area (Å²) in [6.45, 7) is 0. The normalized spacial score (nSPS) is 9.94. The first kappa shape index (κ1) is 11.0.